The molecule has 22 heavy (non-hydrogen) atoms. The summed E-state index contributed by atoms with van der Waals surface area (Å²) in [5.74, 6) is 1.30. The lowest BCUT2D eigenvalue weighted by atomic mass is 9.46. The number of hydrogen-bond acceptors (Lipinski definition) is 2. The zero-order valence-electron chi connectivity index (χ0n) is 14.5. The Morgan fingerprint density at radius 3 is 2.64 bits per heavy atom. The monoisotopic (exact) mass is 302 g/mol. The Labute approximate surface area is 134 Å². The van der Waals surface area contributed by atoms with Crippen molar-refractivity contribution in [1.82, 2.24) is 0 Å². The summed E-state index contributed by atoms with van der Waals surface area (Å²) in [4.78, 5) is 12.9. The molecule has 3 aliphatic rings. The van der Waals surface area contributed by atoms with Crippen LogP contribution >= 0.6 is 0 Å². The van der Waals surface area contributed by atoms with Crippen LogP contribution in [0.15, 0.2) is 23.3 Å². The summed E-state index contributed by atoms with van der Waals surface area (Å²) in [7, 11) is 0. The minimum Gasteiger partial charge on any atom is -0.396 e. The number of rotatable bonds is 2. The number of hydrogen-bond donors (Lipinski definition) is 1. The molecule has 0 heterocycles. The number of carbonyl (C=O) groups excluding carboxylic acids is 1. The van der Waals surface area contributed by atoms with Crippen molar-refractivity contribution < 1.29 is 9.90 Å². The summed E-state index contributed by atoms with van der Waals surface area (Å²) in [6.45, 7) is 9.04. The number of carbonyl (C=O) groups is 1. The van der Waals surface area contributed by atoms with E-state index >= 15 is 0 Å². The van der Waals surface area contributed by atoms with Gasteiger partial charge in [0.2, 0.25) is 0 Å². The van der Waals surface area contributed by atoms with Gasteiger partial charge in [-0.3, -0.25) is 4.79 Å². The highest BCUT2D eigenvalue weighted by Gasteiger charge is 2.57. The van der Waals surface area contributed by atoms with Gasteiger partial charge >= 0.3 is 0 Å². The minimum atomic E-state index is -0.242. The molecule has 3 rings (SSSR count). The highest BCUT2D eigenvalue weighted by molar-refractivity contribution is 5.95. The fourth-order valence-electron chi connectivity index (χ4n) is 5.59. The first-order valence-electron chi connectivity index (χ1n) is 8.88. The number of ketones is 1. The lowest BCUT2D eigenvalue weighted by Crippen LogP contribution is -2.55. The molecule has 122 valence electrons. The Morgan fingerprint density at radius 2 is 2.00 bits per heavy atom. The molecule has 0 amide bonds. The summed E-state index contributed by atoms with van der Waals surface area (Å²) >= 11 is 0. The second-order valence-electron chi connectivity index (χ2n) is 8.62. The normalized spacial score (nSPS) is 41.6. The SMILES string of the molecule is CC(C)C1=CC2=CC(=O)C3C(C)(CO)CCCC3(C)C2CC1. The van der Waals surface area contributed by atoms with Crippen LogP contribution < -0.4 is 0 Å². The van der Waals surface area contributed by atoms with Crippen LogP contribution in [-0.2, 0) is 4.79 Å². The third kappa shape index (κ3) is 2.22. The lowest BCUT2D eigenvalue weighted by molar-refractivity contribution is -0.141. The van der Waals surface area contributed by atoms with E-state index in [1.165, 1.54) is 11.1 Å². The van der Waals surface area contributed by atoms with Crippen LogP contribution in [0.1, 0.15) is 59.8 Å². The van der Waals surface area contributed by atoms with Gasteiger partial charge in [-0.1, -0.05) is 45.8 Å². The Hall–Kier alpha value is -0.890. The van der Waals surface area contributed by atoms with E-state index < -0.39 is 0 Å². The average molecular weight is 302 g/mol. The smallest absolute Gasteiger partial charge is 0.160 e. The van der Waals surface area contributed by atoms with Crippen LogP contribution in [0.5, 0.6) is 0 Å². The van der Waals surface area contributed by atoms with Crippen molar-refractivity contribution in [2.75, 3.05) is 6.61 Å². The fraction of sp³-hybridized carbons (Fsp3) is 0.750. The second kappa shape index (κ2) is 5.33. The van der Waals surface area contributed by atoms with Crippen molar-refractivity contribution in [2.24, 2.45) is 28.6 Å². The van der Waals surface area contributed by atoms with E-state index in [4.69, 9.17) is 0 Å². The number of fused-ring (bicyclic) bond motifs is 3. The van der Waals surface area contributed by atoms with E-state index in [1.54, 1.807) is 0 Å². The second-order valence-corrected chi connectivity index (χ2v) is 8.62. The Balaban J connectivity index is 2.06. The predicted octanol–water partition coefficient (Wildman–Crippen LogP) is 4.29. The maximum atomic E-state index is 12.9. The van der Waals surface area contributed by atoms with Crippen molar-refractivity contribution in [3.8, 4) is 0 Å². The van der Waals surface area contributed by atoms with E-state index in [0.717, 1.165) is 32.1 Å². The lowest BCUT2D eigenvalue weighted by Gasteiger charge is -2.57. The maximum absolute atomic E-state index is 12.9. The van der Waals surface area contributed by atoms with Crippen molar-refractivity contribution in [3.63, 3.8) is 0 Å². The summed E-state index contributed by atoms with van der Waals surface area (Å²) < 4.78 is 0. The Morgan fingerprint density at radius 1 is 1.27 bits per heavy atom. The van der Waals surface area contributed by atoms with Crippen LogP contribution in [0.25, 0.3) is 0 Å². The molecular weight excluding hydrogens is 272 g/mol. The van der Waals surface area contributed by atoms with E-state index in [1.807, 2.05) is 6.08 Å². The van der Waals surface area contributed by atoms with Gasteiger partial charge in [0, 0.05) is 17.9 Å². The van der Waals surface area contributed by atoms with Crippen LogP contribution in [0.2, 0.25) is 0 Å². The zero-order chi connectivity index (χ0) is 16.1. The van der Waals surface area contributed by atoms with Crippen molar-refractivity contribution >= 4 is 5.78 Å². The van der Waals surface area contributed by atoms with E-state index in [9.17, 15) is 9.90 Å². The molecule has 0 aliphatic heterocycles. The van der Waals surface area contributed by atoms with Gasteiger partial charge in [-0.05, 0) is 54.6 Å². The van der Waals surface area contributed by atoms with Gasteiger partial charge < -0.3 is 5.11 Å². The molecule has 0 bridgehead atoms. The molecule has 0 aromatic carbocycles. The van der Waals surface area contributed by atoms with Gasteiger partial charge in [-0.2, -0.15) is 0 Å². The van der Waals surface area contributed by atoms with Crippen molar-refractivity contribution in [1.29, 1.82) is 0 Å². The van der Waals surface area contributed by atoms with Crippen molar-refractivity contribution in [3.05, 3.63) is 23.3 Å². The highest BCUT2D eigenvalue weighted by Crippen LogP contribution is 2.60. The topological polar surface area (TPSA) is 37.3 Å². The molecule has 2 nitrogen and oxygen atoms in total. The summed E-state index contributed by atoms with van der Waals surface area (Å²) in [6, 6.07) is 0. The average Bonchev–Trinajstić information content (AvgIpc) is 2.46. The quantitative estimate of drug-likeness (QED) is 0.826. The number of allylic oxidation sites excluding steroid dienone is 4. The number of aliphatic hydroxyl groups excluding tert-OH is 1. The molecule has 1 fully saturated rings. The molecule has 0 spiro atoms. The highest BCUT2D eigenvalue weighted by atomic mass is 16.3. The molecule has 4 atom stereocenters. The van der Waals surface area contributed by atoms with E-state index in [-0.39, 0.29) is 29.1 Å². The standard InChI is InChI=1S/C20H30O2/c1-13(2)14-6-7-16-15(10-14)11-17(22)18-19(3,12-21)8-5-9-20(16,18)4/h10-11,13,16,18,21H,5-9,12H2,1-4H3. The Kier molecular flexibility index (Phi) is 3.87. The first kappa shape index (κ1) is 16.0. The van der Waals surface area contributed by atoms with Gasteiger partial charge in [0.25, 0.3) is 0 Å². The van der Waals surface area contributed by atoms with E-state index in [0.29, 0.717) is 11.8 Å². The molecule has 1 saturated carbocycles. The van der Waals surface area contributed by atoms with Crippen LogP contribution in [-0.4, -0.2) is 17.5 Å². The molecule has 0 aromatic heterocycles. The van der Waals surface area contributed by atoms with Gasteiger partial charge in [0.1, 0.15) is 0 Å². The molecular formula is C20H30O2. The summed E-state index contributed by atoms with van der Waals surface area (Å²) in [5.41, 5.74) is 2.53. The molecule has 3 aliphatic carbocycles. The molecule has 2 heteroatoms. The first-order valence-corrected chi connectivity index (χ1v) is 8.88. The van der Waals surface area contributed by atoms with Crippen LogP contribution in [0.4, 0.5) is 0 Å². The minimum absolute atomic E-state index is 0.0125. The van der Waals surface area contributed by atoms with Gasteiger partial charge in [-0.15, -0.1) is 0 Å². The van der Waals surface area contributed by atoms with Gasteiger partial charge in [0.15, 0.2) is 5.78 Å². The maximum Gasteiger partial charge on any atom is 0.160 e. The third-order valence-electron chi connectivity index (χ3n) is 6.79. The fourth-order valence-corrected chi connectivity index (χ4v) is 5.59. The molecule has 0 saturated heterocycles. The third-order valence-corrected chi connectivity index (χ3v) is 6.79. The molecule has 4 unspecified atom stereocenters. The first-order chi connectivity index (χ1) is 10.3. The summed E-state index contributed by atoms with van der Waals surface area (Å²) in [6.07, 6.45) is 9.76. The molecule has 1 N–H and O–H groups in total. The number of aliphatic hydroxyl groups is 1. The molecule has 0 aromatic rings. The van der Waals surface area contributed by atoms with E-state index in [2.05, 4.69) is 33.8 Å². The van der Waals surface area contributed by atoms with Gasteiger partial charge in [-0.25, -0.2) is 0 Å². The van der Waals surface area contributed by atoms with Gasteiger partial charge in [0.05, 0.1) is 0 Å². The van der Waals surface area contributed by atoms with Crippen LogP contribution in [0.3, 0.4) is 0 Å². The summed E-state index contributed by atoms with van der Waals surface area (Å²) in [5, 5.41) is 9.95. The molecule has 0 radical (unpaired) electrons. The van der Waals surface area contributed by atoms with Crippen LogP contribution in [0, 0.1) is 28.6 Å². The largest absolute Gasteiger partial charge is 0.396 e. The van der Waals surface area contributed by atoms with Crippen molar-refractivity contribution in [2.45, 2.75) is 59.8 Å². The Bertz CT molecular complexity index is 542. The predicted molar refractivity (Wildman–Crippen MR) is 89.4 cm³/mol. The zero-order valence-corrected chi connectivity index (χ0v) is 14.5.